The SMILES string of the molecule is COc1ccc(Nc2nnc(SCc3ccccc3OC)n(-n3cccc3)c2=O)c(OC)c1. The Morgan fingerprint density at radius 1 is 0.909 bits per heavy atom. The molecule has 2 aromatic heterocycles. The van der Waals surface area contributed by atoms with Crippen LogP contribution in [0, 0.1) is 0 Å². The van der Waals surface area contributed by atoms with Crippen molar-refractivity contribution in [3.8, 4) is 17.2 Å². The first-order valence-corrected chi connectivity index (χ1v) is 11.0. The van der Waals surface area contributed by atoms with E-state index in [-0.39, 0.29) is 11.4 Å². The third-order valence-corrected chi connectivity index (χ3v) is 5.81. The highest BCUT2D eigenvalue weighted by atomic mass is 32.2. The zero-order valence-corrected chi connectivity index (χ0v) is 19.2. The van der Waals surface area contributed by atoms with Crippen molar-refractivity contribution in [3.63, 3.8) is 0 Å². The summed E-state index contributed by atoms with van der Waals surface area (Å²) in [5.41, 5.74) is 1.20. The predicted octanol–water partition coefficient (Wildman–Crippen LogP) is 3.81. The number of thioether (sulfide) groups is 1. The van der Waals surface area contributed by atoms with Gasteiger partial charge in [0.2, 0.25) is 11.0 Å². The van der Waals surface area contributed by atoms with Crippen LogP contribution in [-0.4, -0.2) is 40.9 Å². The van der Waals surface area contributed by atoms with Gasteiger partial charge in [0.15, 0.2) is 0 Å². The largest absolute Gasteiger partial charge is 0.497 e. The molecular formula is C23H23N5O4S. The molecule has 10 heteroatoms. The lowest BCUT2D eigenvalue weighted by Gasteiger charge is -2.15. The van der Waals surface area contributed by atoms with Gasteiger partial charge in [-0.3, -0.25) is 9.47 Å². The van der Waals surface area contributed by atoms with Crippen LogP contribution in [0.5, 0.6) is 17.2 Å². The van der Waals surface area contributed by atoms with Crippen LogP contribution in [0.2, 0.25) is 0 Å². The highest BCUT2D eigenvalue weighted by molar-refractivity contribution is 7.98. The number of rotatable bonds is 9. The van der Waals surface area contributed by atoms with Gasteiger partial charge in [0.1, 0.15) is 17.2 Å². The lowest BCUT2D eigenvalue weighted by Crippen LogP contribution is -2.30. The van der Waals surface area contributed by atoms with E-state index in [0.29, 0.717) is 28.1 Å². The molecule has 9 nitrogen and oxygen atoms in total. The van der Waals surface area contributed by atoms with Crippen LogP contribution in [0.4, 0.5) is 11.5 Å². The van der Waals surface area contributed by atoms with Gasteiger partial charge < -0.3 is 19.5 Å². The molecule has 0 aliphatic rings. The number of anilines is 2. The van der Waals surface area contributed by atoms with E-state index in [1.165, 1.54) is 16.4 Å². The summed E-state index contributed by atoms with van der Waals surface area (Å²) in [7, 11) is 4.75. The van der Waals surface area contributed by atoms with Crippen molar-refractivity contribution in [2.45, 2.75) is 10.9 Å². The number of hydrogen-bond donors (Lipinski definition) is 1. The summed E-state index contributed by atoms with van der Waals surface area (Å²) in [6.45, 7) is 0. The molecule has 4 aromatic rings. The molecule has 0 fully saturated rings. The third-order valence-electron chi connectivity index (χ3n) is 4.84. The molecule has 0 atom stereocenters. The van der Waals surface area contributed by atoms with Crippen molar-refractivity contribution in [1.82, 2.24) is 19.5 Å². The molecule has 4 rings (SSSR count). The highest BCUT2D eigenvalue weighted by Crippen LogP contribution is 2.31. The second-order valence-electron chi connectivity index (χ2n) is 6.80. The van der Waals surface area contributed by atoms with Crippen LogP contribution in [0.25, 0.3) is 0 Å². The fraction of sp³-hybridized carbons (Fsp3) is 0.174. The zero-order chi connectivity index (χ0) is 23.2. The molecule has 0 saturated carbocycles. The van der Waals surface area contributed by atoms with Crippen molar-refractivity contribution in [1.29, 1.82) is 0 Å². The third kappa shape index (κ3) is 4.80. The molecule has 170 valence electrons. The fourth-order valence-corrected chi connectivity index (χ4v) is 4.11. The highest BCUT2D eigenvalue weighted by Gasteiger charge is 2.17. The number of para-hydroxylation sites is 1. The van der Waals surface area contributed by atoms with Crippen LogP contribution in [0.15, 0.2) is 76.9 Å². The first-order valence-electron chi connectivity index (χ1n) is 10.0. The number of aromatic nitrogens is 4. The minimum atomic E-state index is -0.360. The Bertz CT molecular complexity index is 1290. The summed E-state index contributed by atoms with van der Waals surface area (Å²) in [6, 6.07) is 16.6. The Hall–Kier alpha value is -3.92. The van der Waals surface area contributed by atoms with Gasteiger partial charge in [0.05, 0.1) is 27.0 Å². The van der Waals surface area contributed by atoms with E-state index in [0.717, 1.165) is 11.3 Å². The van der Waals surface area contributed by atoms with Gasteiger partial charge in [-0.05, 0) is 30.3 Å². The van der Waals surface area contributed by atoms with Crippen molar-refractivity contribution < 1.29 is 14.2 Å². The monoisotopic (exact) mass is 465 g/mol. The summed E-state index contributed by atoms with van der Waals surface area (Å²) in [6.07, 6.45) is 3.54. The fourth-order valence-electron chi connectivity index (χ4n) is 3.19. The van der Waals surface area contributed by atoms with Crippen molar-refractivity contribution >= 4 is 23.3 Å². The molecule has 2 heterocycles. The Kier molecular flexibility index (Phi) is 6.84. The first kappa shape index (κ1) is 22.3. The van der Waals surface area contributed by atoms with Gasteiger partial charge in [0, 0.05) is 29.8 Å². The Morgan fingerprint density at radius 3 is 2.39 bits per heavy atom. The molecule has 2 aromatic carbocycles. The molecule has 0 spiro atoms. The molecule has 0 saturated heterocycles. The lowest BCUT2D eigenvalue weighted by molar-refractivity contribution is 0.395. The number of methoxy groups -OCH3 is 3. The summed E-state index contributed by atoms with van der Waals surface area (Å²) in [4.78, 5) is 13.4. The smallest absolute Gasteiger partial charge is 0.316 e. The van der Waals surface area contributed by atoms with E-state index < -0.39 is 0 Å². The van der Waals surface area contributed by atoms with E-state index in [1.54, 1.807) is 56.6 Å². The molecule has 0 aliphatic carbocycles. The molecule has 0 radical (unpaired) electrons. The second-order valence-corrected chi connectivity index (χ2v) is 7.75. The van der Waals surface area contributed by atoms with Crippen molar-refractivity contribution in [2.75, 3.05) is 26.6 Å². The van der Waals surface area contributed by atoms with Gasteiger partial charge in [-0.15, -0.1) is 10.2 Å². The zero-order valence-electron chi connectivity index (χ0n) is 18.4. The Morgan fingerprint density at radius 2 is 1.67 bits per heavy atom. The molecule has 1 N–H and O–H groups in total. The maximum Gasteiger partial charge on any atom is 0.316 e. The Balaban J connectivity index is 1.69. The topological polar surface area (TPSA) is 92.4 Å². The number of nitrogens with one attached hydrogen (secondary N) is 1. The summed E-state index contributed by atoms with van der Waals surface area (Å²) >= 11 is 1.39. The predicted molar refractivity (Wildman–Crippen MR) is 127 cm³/mol. The first-order chi connectivity index (χ1) is 16.1. The molecular weight excluding hydrogens is 442 g/mol. The average molecular weight is 466 g/mol. The maximum atomic E-state index is 13.4. The van der Waals surface area contributed by atoms with Gasteiger partial charge in [-0.25, -0.2) is 0 Å². The van der Waals surface area contributed by atoms with E-state index >= 15 is 0 Å². The average Bonchev–Trinajstić information content (AvgIpc) is 3.39. The van der Waals surface area contributed by atoms with Gasteiger partial charge in [-0.2, -0.15) is 4.68 Å². The molecule has 33 heavy (non-hydrogen) atoms. The quantitative estimate of drug-likeness (QED) is 0.373. The van der Waals surface area contributed by atoms with Crippen LogP contribution >= 0.6 is 11.8 Å². The van der Waals surface area contributed by atoms with Crippen molar-refractivity contribution in [3.05, 3.63) is 82.9 Å². The Labute approximate surface area is 194 Å². The normalized spacial score (nSPS) is 10.6. The van der Waals surface area contributed by atoms with Crippen LogP contribution in [-0.2, 0) is 5.75 Å². The van der Waals surface area contributed by atoms with Crippen LogP contribution in [0.1, 0.15) is 5.56 Å². The summed E-state index contributed by atoms with van der Waals surface area (Å²) in [5.74, 6) is 2.54. The number of benzene rings is 2. The molecule has 0 amide bonds. The maximum absolute atomic E-state index is 13.4. The second kappa shape index (κ2) is 10.1. The van der Waals surface area contributed by atoms with Gasteiger partial charge >= 0.3 is 5.56 Å². The van der Waals surface area contributed by atoms with Gasteiger partial charge in [-0.1, -0.05) is 30.0 Å². The van der Waals surface area contributed by atoms with Crippen molar-refractivity contribution in [2.24, 2.45) is 0 Å². The number of ether oxygens (including phenoxy) is 3. The molecule has 0 unspecified atom stereocenters. The van der Waals surface area contributed by atoms with Crippen LogP contribution < -0.4 is 25.1 Å². The molecule has 0 bridgehead atoms. The number of nitrogens with zero attached hydrogens (tertiary/aromatic N) is 4. The van der Waals surface area contributed by atoms with E-state index in [9.17, 15) is 4.79 Å². The van der Waals surface area contributed by atoms with E-state index in [2.05, 4.69) is 15.5 Å². The minimum absolute atomic E-state index is 0.0637. The minimum Gasteiger partial charge on any atom is -0.497 e. The summed E-state index contributed by atoms with van der Waals surface area (Å²) < 4.78 is 19.2. The summed E-state index contributed by atoms with van der Waals surface area (Å²) in [5, 5.41) is 12.0. The van der Waals surface area contributed by atoms with E-state index in [4.69, 9.17) is 14.2 Å². The number of hydrogen-bond acceptors (Lipinski definition) is 8. The standard InChI is InChI=1S/C23H23N5O4S/c1-30-17-10-11-18(20(14-17)32-3)24-21-22(29)28(27-12-6-7-13-27)23(26-25-21)33-15-16-8-4-5-9-19(16)31-2/h4-14H,15H2,1-3H3,(H,24,25). The van der Waals surface area contributed by atoms with Gasteiger partial charge in [0.25, 0.3) is 0 Å². The molecule has 0 aliphatic heterocycles. The van der Waals surface area contributed by atoms with Crippen LogP contribution in [0.3, 0.4) is 0 Å². The van der Waals surface area contributed by atoms with E-state index in [1.807, 2.05) is 36.4 Å². The lowest BCUT2D eigenvalue weighted by atomic mass is 10.2.